The summed E-state index contributed by atoms with van der Waals surface area (Å²) in [5.74, 6) is 0.0992. The van der Waals surface area contributed by atoms with E-state index in [-0.39, 0.29) is 23.2 Å². The summed E-state index contributed by atoms with van der Waals surface area (Å²) >= 11 is 0. The molecule has 0 aliphatic carbocycles. The molecule has 1 aromatic heterocycles. The van der Waals surface area contributed by atoms with E-state index < -0.39 is 4.92 Å². The summed E-state index contributed by atoms with van der Waals surface area (Å²) in [6.45, 7) is 0.664. The number of methoxy groups -OCH3 is 2. The Morgan fingerprint density at radius 2 is 2.37 bits per heavy atom. The van der Waals surface area contributed by atoms with Crippen molar-refractivity contribution in [2.45, 2.75) is 6.10 Å². The molecule has 0 spiro atoms. The summed E-state index contributed by atoms with van der Waals surface area (Å²) in [6.07, 6.45) is 1.02. The van der Waals surface area contributed by atoms with Gasteiger partial charge in [-0.2, -0.15) is 5.26 Å². The van der Waals surface area contributed by atoms with Crippen LogP contribution < -0.4 is 5.32 Å². The van der Waals surface area contributed by atoms with E-state index in [1.54, 1.807) is 6.07 Å². The third-order valence-electron chi connectivity index (χ3n) is 2.38. The topological polar surface area (TPSA) is 110 Å². The summed E-state index contributed by atoms with van der Waals surface area (Å²) in [7, 11) is 3.06. The first-order chi connectivity index (χ1) is 9.12. The lowest BCUT2D eigenvalue weighted by molar-refractivity contribution is -0.384. The van der Waals surface area contributed by atoms with Crippen LogP contribution in [0.2, 0.25) is 0 Å². The molecule has 1 atom stereocenters. The molecule has 102 valence electrons. The first-order valence-electron chi connectivity index (χ1n) is 5.42. The number of rotatable bonds is 7. The Bertz CT molecular complexity index is 486. The molecule has 1 unspecified atom stereocenters. The van der Waals surface area contributed by atoms with Gasteiger partial charge < -0.3 is 14.8 Å². The lowest BCUT2D eigenvalue weighted by atomic mass is 10.2. The van der Waals surface area contributed by atoms with Crippen molar-refractivity contribution in [2.24, 2.45) is 0 Å². The summed E-state index contributed by atoms with van der Waals surface area (Å²) < 4.78 is 10.1. The molecule has 1 aromatic rings. The third-order valence-corrected chi connectivity index (χ3v) is 2.38. The van der Waals surface area contributed by atoms with E-state index in [1.807, 2.05) is 0 Å². The number of nitrogens with one attached hydrogen (secondary N) is 1. The van der Waals surface area contributed by atoms with Gasteiger partial charge in [-0.3, -0.25) is 10.1 Å². The average Bonchev–Trinajstić information content (AvgIpc) is 2.43. The van der Waals surface area contributed by atoms with E-state index >= 15 is 0 Å². The molecule has 1 heterocycles. The van der Waals surface area contributed by atoms with Crippen molar-refractivity contribution in [3.63, 3.8) is 0 Å². The third kappa shape index (κ3) is 4.17. The zero-order chi connectivity index (χ0) is 14.3. The van der Waals surface area contributed by atoms with E-state index in [1.165, 1.54) is 26.5 Å². The molecule has 1 rings (SSSR count). The molecule has 0 radical (unpaired) electrons. The van der Waals surface area contributed by atoms with Crippen molar-refractivity contribution in [1.29, 1.82) is 5.26 Å². The Labute approximate surface area is 110 Å². The first kappa shape index (κ1) is 14.8. The van der Waals surface area contributed by atoms with E-state index in [0.29, 0.717) is 13.2 Å². The molecule has 0 bridgehead atoms. The Balaban J connectivity index is 2.83. The van der Waals surface area contributed by atoms with Crippen molar-refractivity contribution < 1.29 is 14.4 Å². The van der Waals surface area contributed by atoms with Crippen molar-refractivity contribution in [3.05, 3.63) is 27.9 Å². The lowest BCUT2D eigenvalue weighted by Gasteiger charge is -2.15. The van der Waals surface area contributed by atoms with Gasteiger partial charge in [-0.15, -0.1) is 0 Å². The number of hydrogen-bond donors (Lipinski definition) is 1. The summed E-state index contributed by atoms with van der Waals surface area (Å²) in [4.78, 5) is 14.2. The molecule has 0 aliphatic rings. The van der Waals surface area contributed by atoms with Gasteiger partial charge in [0.1, 0.15) is 6.07 Å². The fourth-order valence-corrected chi connectivity index (χ4v) is 1.40. The number of aromatic nitrogens is 1. The van der Waals surface area contributed by atoms with Crippen molar-refractivity contribution in [1.82, 2.24) is 4.98 Å². The van der Waals surface area contributed by atoms with Crippen LogP contribution in [0.4, 0.5) is 11.5 Å². The van der Waals surface area contributed by atoms with Crippen LogP contribution in [0.1, 0.15) is 5.56 Å². The van der Waals surface area contributed by atoms with Crippen LogP contribution in [-0.2, 0) is 9.47 Å². The molecule has 0 aromatic carbocycles. The maximum Gasteiger partial charge on any atom is 0.312 e. The minimum absolute atomic E-state index is 0.0992. The van der Waals surface area contributed by atoms with Crippen LogP contribution in [0.15, 0.2) is 12.3 Å². The Morgan fingerprint density at radius 3 is 2.89 bits per heavy atom. The second-order valence-corrected chi connectivity index (χ2v) is 3.65. The molecule has 8 heteroatoms. The maximum absolute atomic E-state index is 10.9. The van der Waals surface area contributed by atoms with Gasteiger partial charge in [0, 0.05) is 33.0 Å². The van der Waals surface area contributed by atoms with Crippen molar-refractivity contribution in [2.75, 3.05) is 32.7 Å². The Hall–Kier alpha value is -2.24. The highest BCUT2D eigenvalue weighted by Crippen LogP contribution is 2.22. The molecule has 0 amide bonds. The molecule has 8 nitrogen and oxygen atoms in total. The zero-order valence-electron chi connectivity index (χ0n) is 10.6. The number of pyridine rings is 1. The van der Waals surface area contributed by atoms with Crippen LogP contribution in [0, 0.1) is 21.4 Å². The molecule has 0 fully saturated rings. The second-order valence-electron chi connectivity index (χ2n) is 3.65. The molecule has 0 aliphatic heterocycles. The fourth-order valence-electron chi connectivity index (χ4n) is 1.40. The summed E-state index contributed by atoms with van der Waals surface area (Å²) in [6, 6.07) is 2.98. The molecule has 1 N–H and O–H groups in total. The van der Waals surface area contributed by atoms with Gasteiger partial charge in [-0.1, -0.05) is 0 Å². The maximum atomic E-state index is 10.9. The number of nitro groups is 1. The summed E-state index contributed by atoms with van der Waals surface area (Å²) in [5, 5.41) is 22.4. The highest BCUT2D eigenvalue weighted by atomic mass is 16.6. The largest absolute Gasteiger partial charge is 0.382 e. The number of anilines is 1. The molecular formula is C11H14N4O4. The lowest BCUT2D eigenvalue weighted by Crippen LogP contribution is -2.27. The number of ether oxygens (including phenoxy) is 2. The van der Waals surface area contributed by atoms with Crippen LogP contribution in [0.3, 0.4) is 0 Å². The monoisotopic (exact) mass is 266 g/mol. The quantitative estimate of drug-likeness (QED) is 0.577. The molecule has 0 saturated heterocycles. The van der Waals surface area contributed by atoms with Crippen LogP contribution in [0.5, 0.6) is 0 Å². The number of hydrogen-bond acceptors (Lipinski definition) is 7. The van der Waals surface area contributed by atoms with Gasteiger partial charge in [0.15, 0.2) is 0 Å². The van der Waals surface area contributed by atoms with Gasteiger partial charge >= 0.3 is 5.69 Å². The van der Waals surface area contributed by atoms with Gasteiger partial charge in [0.25, 0.3) is 0 Å². The standard InChI is InChI=1S/C11H14N4O4/c1-18-7-9(19-2)6-14-11-10(15(16)17)3-8(4-12)5-13-11/h3,5,9H,6-7H2,1-2H3,(H,13,14). The predicted molar refractivity (Wildman–Crippen MR) is 66.8 cm³/mol. The minimum Gasteiger partial charge on any atom is -0.382 e. The second kappa shape index (κ2) is 7.25. The van der Waals surface area contributed by atoms with Crippen molar-refractivity contribution >= 4 is 11.5 Å². The number of nitrogens with zero attached hydrogens (tertiary/aromatic N) is 3. The fraction of sp³-hybridized carbons (Fsp3) is 0.455. The van der Waals surface area contributed by atoms with Gasteiger partial charge in [0.2, 0.25) is 5.82 Å². The van der Waals surface area contributed by atoms with Crippen LogP contribution >= 0.6 is 0 Å². The summed E-state index contributed by atoms with van der Waals surface area (Å²) in [5.41, 5.74) is -0.108. The average molecular weight is 266 g/mol. The minimum atomic E-state index is -0.589. The Kier molecular flexibility index (Phi) is 5.66. The predicted octanol–water partition coefficient (Wildman–Crippen LogP) is 0.935. The molecule has 0 saturated carbocycles. The SMILES string of the molecule is COCC(CNc1ncc(C#N)cc1[N+](=O)[O-])OC. The van der Waals surface area contributed by atoms with E-state index in [4.69, 9.17) is 14.7 Å². The zero-order valence-corrected chi connectivity index (χ0v) is 10.6. The molecular weight excluding hydrogens is 252 g/mol. The first-order valence-corrected chi connectivity index (χ1v) is 5.42. The Morgan fingerprint density at radius 1 is 1.63 bits per heavy atom. The highest BCUT2D eigenvalue weighted by Gasteiger charge is 2.17. The van der Waals surface area contributed by atoms with Gasteiger partial charge in [-0.05, 0) is 0 Å². The van der Waals surface area contributed by atoms with Crippen molar-refractivity contribution in [3.8, 4) is 6.07 Å². The van der Waals surface area contributed by atoms with E-state index in [2.05, 4.69) is 10.3 Å². The number of nitriles is 1. The van der Waals surface area contributed by atoms with E-state index in [0.717, 1.165) is 0 Å². The highest BCUT2D eigenvalue weighted by molar-refractivity contribution is 5.58. The van der Waals surface area contributed by atoms with E-state index in [9.17, 15) is 10.1 Å². The van der Waals surface area contributed by atoms with Gasteiger partial charge in [-0.25, -0.2) is 4.98 Å². The van der Waals surface area contributed by atoms with Gasteiger partial charge in [0.05, 0.1) is 23.2 Å². The van der Waals surface area contributed by atoms with Crippen LogP contribution in [-0.4, -0.2) is 43.4 Å². The smallest absolute Gasteiger partial charge is 0.312 e. The molecule has 19 heavy (non-hydrogen) atoms. The van der Waals surface area contributed by atoms with Crippen LogP contribution in [0.25, 0.3) is 0 Å². The normalized spacial score (nSPS) is 11.6.